The first-order chi connectivity index (χ1) is 12.3. The van der Waals surface area contributed by atoms with Crippen LogP contribution < -0.4 is 4.90 Å². The molecule has 25 heavy (non-hydrogen) atoms. The Morgan fingerprint density at radius 1 is 1.00 bits per heavy atom. The lowest BCUT2D eigenvalue weighted by Gasteiger charge is -2.37. The summed E-state index contributed by atoms with van der Waals surface area (Å²) < 4.78 is 0. The van der Waals surface area contributed by atoms with Crippen molar-refractivity contribution in [1.29, 1.82) is 0 Å². The minimum absolute atomic E-state index is 0.00532. The van der Waals surface area contributed by atoms with Gasteiger partial charge in [-0.25, -0.2) is 19.8 Å². The van der Waals surface area contributed by atoms with E-state index in [-0.39, 0.29) is 12.1 Å². The van der Waals surface area contributed by atoms with Crippen molar-refractivity contribution >= 4 is 17.9 Å². The third-order valence-corrected chi connectivity index (χ3v) is 4.67. The number of nitrogens with zero attached hydrogens (tertiary/aromatic N) is 6. The van der Waals surface area contributed by atoms with Crippen molar-refractivity contribution in [2.24, 2.45) is 5.10 Å². The van der Waals surface area contributed by atoms with Gasteiger partial charge in [0, 0.05) is 38.8 Å². The molecule has 0 bridgehead atoms. The monoisotopic (exact) mass is 336 g/mol. The van der Waals surface area contributed by atoms with Gasteiger partial charge in [-0.3, -0.25) is 0 Å². The smallest absolute Gasteiger partial charge is 0.341 e. The molecule has 2 aliphatic rings. The van der Waals surface area contributed by atoms with E-state index in [2.05, 4.69) is 20.0 Å². The predicted octanol–water partition coefficient (Wildman–Crippen LogP) is 2.15. The van der Waals surface area contributed by atoms with E-state index >= 15 is 0 Å². The van der Waals surface area contributed by atoms with Crippen molar-refractivity contribution in [3.63, 3.8) is 0 Å². The first-order valence-corrected chi connectivity index (χ1v) is 8.48. The van der Waals surface area contributed by atoms with Crippen LogP contribution in [0.2, 0.25) is 0 Å². The molecule has 3 heterocycles. The molecule has 7 heteroatoms. The molecule has 0 spiro atoms. The number of aromatic nitrogens is 2. The molecule has 0 N–H and O–H groups in total. The molecule has 1 fully saturated rings. The number of hydrazone groups is 1. The summed E-state index contributed by atoms with van der Waals surface area (Å²) >= 11 is 0. The second-order valence-electron chi connectivity index (χ2n) is 6.16. The summed E-state index contributed by atoms with van der Waals surface area (Å²) in [5.74, 6) is 0. The number of carbonyl (C=O) groups is 1. The first kappa shape index (κ1) is 15.6. The van der Waals surface area contributed by atoms with Gasteiger partial charge in [0.1, 0.15) is 6.33 Å². The second kappa shape index (κ2) is 6.88. The molecule has 1 unspecified atom stereocenters. The summed E-state index contributed by atoms with van der Waals surface area (Å²) in [6.07, 6.45) is 7.73. The molecule has 1 aromatic carbocycles. The number of urea groups is 1. The zero-order valence-corrected chi connectivity index (χ0v) is 13.9. The van der Waals surface area contributed by atoms with E-state index in [1.165, 1.54) is 6.33 Å². The normalized spacial score (nSPS) is 20.2. The highest BCUT2D eigenvalue weighted by molar-refractivity contribution is 5.78. The molecule has 0 aliphatic carbocycles. The standard InChI is InChI=1S/C18H20N6O/c25-18(24-17(6-7-21-24)15-4-2-1-3-5-15)23-10-8-22(9-11-23)16-12-19-14-20-13-16/h1-5,7,12-14,17H,6,8-11H2. The van der Waals surface area contributed by atoms with Gasteiger partial charge in [0.05, 0.1) is 24.1 Å². The van der Waals surface area contributed by atoms with Crippen molar-refractivity contribution < 1.29 is 4.79 Å². The molecular formula is C18H20N6O. The van der Waals surface area contributed by atoms with E-state index in [4.69, 9.17) is 0 Å². The van der Waals surface area contributed by atoms with Gasteiger partial charge >= 0.3 is 6.03 Å². The van der Waals surface area contributed by atoms with Crippen LogP contribution in [0.1, 0.15) is 18.0 Å². The van der Waals surface area contributed by atoms with Crippen LogP contribution >= 0.6 is 0 Å². The summed E-state index contributed by atoms with van der Waals surface area (Å²) in [5, 5.41) is 5.95. The van der Waals surface area contributed by atoms with Gasteiger partial charge in [-0.05, 0) is 5.56 Å². The molecule has 1 aromatic heterocycles. The number of hydrogen-bond donors (Lipinski definition) is 0. The fraction of sp³-hybridized carbons (Fsp3) is 0.333. The number of benzene rings is 1. The Morgan fingerprint density at radius 3 is 2.44 bits per heavy atom. The Kier molecular flexibility index (Phi) is 4.28. The number of carbonyl (C=O) groups excluding carboxylic acids is 1. The van der Waals surface area contributed by atoms with E-state index in [1.807, 2.05) is 41.4 Å². The Hall–Kier alpha value is -2.96. The lowest BCUT2D eigenvalue weighted by Crippen LogP contribution is -2.52. The molecule has 7 nitrogen and oxygen atoms in total. The SMILES string of the molecule is O=C(N1CCN(c2cncnc2)CC1)N1N=CCC1c1ccccc1. The minimum atomic E-state index is -0.0217. The molecular weight excluding hydrogens is 316 g/mol. The summed E-state index contributed by atoms with van der Waals surface area (Å²) in [4.78, 5) is 25.1. The maximum absolute atomic E-state index is 12.9. The molecule has 1 atom stereocenters. The van der Waals surface area contributed by atoms with Gasteiger partial charge in [-0.15, -0.1) is 0 Å². The quantitative estimate of drug-likeness (QED) is 0.843. The van der Waals surface area contributed by atoms with E-state index in [9.17, 15) is 4.79 Å². The topological polar surface area (TPSA) is 64.9 Å². The highest BCUT2D eigenvalue weighted by Gasteiger charge is 2.32. The molecule has 0 saturated carbocycles. The van der Waals surface area contributed by atoms with Crippen molar-refractivity contribution in [2.45, 2.75) is 12.5 Å². The van der Waals surface area contributed by atoms with Gasteiger partial charge in [-0.1, -0.05) is 30.3 Å². The minimum Gasteiger partial charge on any atom is -0.365 e. The molecule has 1 saturated heterocycles. The van der Waals surface area contributed by atoms with Crippen LogP contribution in [0.5, 0.6) is 0 Å². The molecule has 2 amide bonds. The van der Waals surface area contributed by atoms with Crippen molar-refractivity contribution in [3.8, 4) is 0 Å². The largest absolute Gasteiger partial charge is 0.365 e. The highest BCUT2D eigenvalue weighted by atomic mass is 16.2. The van der Waals surface area contributed by atoms with E-state index in [0.717, 1.165) is 30.8 Å². The summed E-state index contributed by atoms with van der Waals surface area (Å²) in [6.45, 7) is 2.88. The van der Waals surface area contributed by atoms with E-state index in [1.54, 1.807) is 17.4 Å². The number of hydrogen-bond acceptors (Lipinski definition) is 5. The van der Waals surface area contributed by atoms with Gasteiger partial charge in [0.15, 0.2) is 0 Å². The predicted molar refractivity (Wildman–Crippen MR) is 95.3 cm³/mol. The Balaban J connectivity index is 1.41. The highest BCUT2D eigenvalue weighted by Crippen LogP contribution is 2.29. The van der Waals surface area contributed by atoms with E-state index < -0.39 is 0 Å². The lowest BCUT2D eigenvalue weighted by atomic mass is 10.1. The van der Waals surface area contributed by atoms with Gasteiger partial charge in [0.25, 0.3) is 0 Å². The molecule has 128 valence electrons. The van der Waals surface area contributed by atoms with Crippen LogP contribution in [0.4, 0.5) is 10.5 Å². The maximum Gasteiger partial charge on any atom is 0.341 e. The average Bonchev–Trinajstić information content (AvgIpc) is 3.19. The van der Waals surface area contributed by atoms with Crippen LogP contribution in [0.3, 0.4) is 0 Å². The fourth-order valence-corrected chi connectivity index (χ4v) is 3.31. The van der Waals surface area contributed by atoms with Crippen molar-refractivity contribution in [3.05, 3.63) is 54.6 Å². The van der Waals surface area contributed by atoms with Gasteiger partial charge in [-0.2, -0.15) is 5.10 Å². The number of piperazine rings is 1. The van der Waals surface area contributed by atoms with Crippen LogP contribution in [-0.4, -0.2) is 58.3 Å². The molecule has 0 radical (unpaired) electrons. The Morgan fingerprint density at radius 2 is 1.72 bits per heavy atom. The molecule has 2 aromatic rings. The number of anilines is 1. The first-order valence-electron chi connectivity index (χ1n) is 8.48. The third-order valence-electron chi connectivity index (χ3n) is 4.67. The molecule has 4 rings (SSSR count). The van der Waals surface area contributed by atoms with Gasteiger partial charge in [0.2, 0.25) is 0 Å². The summed E-state index contributed by atoms with van der Waals surface area (Å²) in [7, 11) is 0. The number of amides is 2. The zero-order valence-electron chi connectivity index (χ0n) is 13.9. The Labute approximate surface area is 146 Å². The Bertz CT molecular complexity index is 743. The summed E-state index contributed by atoms with van der Waals surface area (Å²) in [5.41, 5.74) is 2.12. The van der Waals surface area contributed by atoms with Crippen LogP contribution in [0, 0.1) is 0 Å². The molecule has 2 aliphatic heterocycles. The number of rotatable bonds is 2. The van der Waals surface area contributed by atoms with Gasteiger partial charge < -0.3 is 9.80 Å². The van der Waals surface area contributed by atoms with Crippen molar-refractivity contribution in [2.75, 3.05) is 31.1 Å². The maximum atomic E-state index is 12.9. The summed E-state index contributed by atoms with van der Waals surface area (Å²) in [6, 6.07) is 10.0. The zero-order chi connectivity index (χ0) is 17.1. The van der Waals surface area contributed by atoms with Crippen LogP contribution in [-0.2, 0) is 0 Å². The van der Waals surface area contributed by atoms with Crippen LogP contribution in [0.15, 0.2) is 54.2 Å². The second-order valence-corrected chi connectivity index (χ2v) is 6.16. The fourth-order valence-electron chi connectivity index (χ4n) is 3.31. The average molecular weight is 336 g/mol. The van der Waals surface area contributed by atoms with E-state index in [0.29, 0.717) is 13.1 Å². The third kappa shape index (κ3) is 3.17. The lowest BCUT2D eigenvalue weighted by molar-refractivity contribution is 0.139. The van der Waals surface area contributed by atoms with Crippen molar-refractivity contribution in [1.82, 2.24) is 19.9 Å². The van der Waals surface area contributed by atoms with Crippen LogP contribution in [0.25, 0.3) is 0 Å².